The van der Waals surface area contributed by atoms with E-state index < -0.39 is 11.6 Å². The Bertz CT molecular complexity index is 664. The number of fused-ring (bicyclic) bond motifs is 1. The van der Waals surface area contributed by atoms with E-state index in [4.69, 9.17) is 4.74 Å². The number of hydrogen-bond acceptors (Lipinski definition) is 5. The van der Waals surface area contributed by atoms with Gasteiger partial charge in [-0.3, -0.25) is 4.79 Å². The van der Waals surface area contributed by atoms with Crippen LogP contribution in [0.25, 0.3) is 6.08 Å². The molecule has 0 amide bonds. The monoisotopic (exact) mass is 258 g/mol. The lowest BCUT2D eigenvalue weighted by molar-refractivity contribution is 0.145. The summed E-state index contributed by atoms with van der Waals surface area (Å²) in [7, 11) is 1.57. The van der Waals surface area contributed by atoms with Crippen molar-refractivity contribution in [3.05, 3.63) is 27.3 Å². The zero-order valence-corrected chi connectivity index (χ0v) is 10.8. The summed E-state index contributed by atoms with van der Waals surface area (Å²) < 4.78 is 5.39. The maximum Gasteiger partial charge on any atom is 0.260 e. The van der Waals surface area contributed by atoms with Crippen molar-refractivity contribution in [2.45, 2.75) is 26.0 Å². The summed E-state index contributed by atoms with van der Waals surface area (Å²) >= 11 is 0. The molecule has 19 heavy (non-hydrogen) atoms. The van der Waals surface area contributed by atoms with Crippen molar-refractivity contribution in [1.82, 2.24) is 9.97 Å². The first kappa shape index (κ1) is 11.9. The van der Waals surface area contributed by atoms with Gasteiger partial charge < -0.3 is 15.0 Å². The molecule has 3 rings (SSSR count). The third kappa shape index (κ3) is 1.74. The SMILES string of the molecule is COC1Nc2nc(C)[nH]c(=O)c2C=C1C1(C#N)CC1. The molecule has 0 radical (unpaired) electrons. The average molecular weight is 258 g/mol. The highest BCUT2D eigenvalue weighted by atomic mass is 16.5. The van der Waals surface area contributed by atoms with E-state index in [1.807, 2.05) is 0 Å². The molecular weight excluding hydrogens is 244 g/mol. The number of H-pyrrole nitrogens is 1. The quantitative estimate of drug-likeness (QED) is 0.830. The highest BCUT2D eigenvalue weighted by Crippen LogP contribution is 2.54. The number of aromatic amines is 1. The summed E-state index contributed by atoms with van der Waals surface area (Å²) in [6.07, 6.45) is 2.97. The topological polar surface area (TPSA) is 90.8 Å². The fraction of sp³-hybridized carbons (Fsp3) is 0.462. The van der Waals surface area contributed by atoms with Crippen LogP contribution in [0, 0.1) is 23.7 Å². The lowest BCUT2D eigenvalue weighted by Crippen LogP contribution is -2.34. The van der Waals surface area contributed by atoms with Crippen molar-refractivity contribution in [2.75, 3.05) is 12.4 Å². The van der Waals surface area contributed by atoms with Crippen LogP contribution in [0.5, 0.6) is 0 Å². The molecule has 6 heteroatoms. The number of hydrogen-bond donors (Lipinski definition) is 2. The second-order valence-corrected chi connectivity index (χ2v) is 4.97. The minimum Gasteiger partial charge on any atom is -0.358 e. The van der Waals surface area contributed by atoms with E-state index in [1.165, 1.54) is 0 Å². The largest absolute Gasteiger partial charge is 0.358 e. The molecular formula is C13H14N4O2. The van der Waals surface area contributed by atoms with Crippen molar-refractivity contribution in [1.29, 1.82) is 5.26 Å². The van der Waals surface area contributed by atoms with E-state index in [0.717, 1.165) is 18.4 Å². The summed E-state index contributed by atoms with van der Waals surface area (Å²) in [5.74, 6) is 1.05. The van der Waals surface area contributed by atoms with Gasteiger partial charge in [0.1, 0.15) is 11.6 Å². The maximum absolute atomic E-state index is 12.0. The van der Waals surface area contributed by atoms with Crippen LogP contribution in [0.2, 0.25) is 0 Å². The predicted molar refractivity (Wildman–Crippen MR) is 69.3 cm³/mol. The molecule has 0 spiro atoms. The molecule has 98 valence electrons. The summed E-state index contributed by atoms with van der Waals surface area (Å²) in [5, 5.41) is 12.4. The lowest BCUT2D eigenvalue weighted by atomic mass is 9.92. The number of methoxy groups -OCH3 is 1. The molecule has 2 N–H and O–H groups in total. The number of nitrogens with zero attached hydrogens (tertiary/aromatic N) is 2. The van der Waals surface area contributed by atoms with Crippen LogP contribution in [-0.4, -0.2) is 23.3 Å². The van der Waals surface area contributed by atoms with Gasteiger partial charge in [0.2, 0.25) is 0 Å². The highest BCUT2D eigenvalue weighted by Gasteiger charge is 2.50. The zero-order valence-electron chi connectivity index (χ0n) is 10.8. The molecule has 6 nitrogen and oxygen atoms in total. The molecule has 1 aliphatic heterocycles. The number of nitriles is 1. The number of anilines is 1. The summed E-state index contributed by atoms with van der Waals surface area (Å²) in [6, 6.07) is 2.33. The Labute approximate surface area is 110 Å². The second kappa shape index (κ2) is 3.93. The third-order valence-corrected chi connectivity index (χ3v) is 3.68. The van der Waals surface area contributed by atoms with E-state index in [9.17, 15) is 10.1 Å². The number of nitrogens with one attached hydrogen (secondary N) is 2. The zero-order chi connectivity index (χ0) is 13.6. The molecule has 1 unspecified atom stereocenters. The molecule has 2 aliphatic rings. The fourth-order valence-electron chi connectivity index (χ4n) is 2.44. The van der Waals surface area contributed by atoms with Crippen LogP contribution < -0.4 is 10.9 Å². The minimum atomic E-state index is -0.483. The number of aromatic nitrogens is 2. The predicted octanol–water partition coefficient (Wildman–Crippen LogP) is 1.16. The first-order valence-corrected chi connectivity index (χ1v) is 6.13. The normalized spacial score (nSPS) is 22.8. The average Bonchev–Trinajstić information content (AvgIpc) is 3.18. The molecule has 1 fully saturated rings. The Morgan fingerprint density at radius 2 is 2.32 bits per heavy atom. The Morgan fingerprint density at radius 3 is 2.89 bits per heavy atom. The van der Waals surface area contributed by atoms with Gasteiger partial charge >= 0.3 is 0 Å². The molecule has 1 aliphatic carbocycles. The van der Waals surface area contributed by atoms with Gasteiger partial charge in [-0.05, 0) is 31.4 Å². The molecule has 1 aromatic heterocycles. The summed E-state index contributed by atoms with van der Waals surface area (Å²) in [6.45, 7) is 1.72. The molecule has 1 atom stereocenters. The Morgan fingerprint density at radius 1 is 1.58 bits per heavy atom. The molecule has 0 bridgehead atoms. The third-order valence-electron chi connectivity index (χ3n) is 3.68. The second-order valence-electron chi connectivity index (χ2n) is 4.97. The standard InChI is InChI=1S/C13H14N4O2/c1-7-15-10-8(11(18)16-7)5-9(12(17-10)19-2)13(6-14)3-4-13/h5,12H,3-4H2,1-2H3,(H2,15,16,17,18). The van der Waals surface area contributed by atoms with Crippen molar-refractivity contribution in [2.24, 2.45) is 5.41 Å². The van der Waals surface area contributed by atoms with E-state index in [0.29, 0.717) is 17.2 Å². The first-order valence-electron chi connectivity index (χ1n) is 6.13. The van der Waals surface area contributed by atoms with Crippen LogP contribution >= 0.6 is 0 Å². The lowest BCUT2D eigenvalue weighted by Gasteiger charge is -2.28. The summed E-state index contributed by atoms with van der Waals surface area (Å²) in [5.41, 5.74) is 0.607. The van der Waals surface area contributed by atoms with Crippen LogP contribution in [-0.2, 0) is 4.74 Å². The number of rotatable bonds is 2. The van der Waals surface area contributed by atoms with Crippen LogP contribution in [0.15, 0.2) is 10.4 Å². The van der Waals surface area contributed by atoms with Crippen molar-refractivity contribution < 1.29 is 4.74 Å². The van der Waals surface area contributed by atoms with Gasteiger partial charge in [0.15, 0.2) is 6.23 Å². The minimum absolute atomic E-state index is 0.198. The van der Waals surface area contributed by atoms with Crippen molar-refractivity contribution in [3.63, 3.8) is 0 Å². The van der Waals surface area contributed by atoms with Gasteiger partial charge in [0.25, 0.3) is 5.56 Å². The van der Waals surface area contributed by atoms with Gasteiger partial charge in [0, 0.05) is 7.11 Å². The summed E-state index contributed by atoms with van der Waals surface area (Å²) in [4.78, 5) is 18.9. The highest BCUT2D eigenvalue weighted by molar-refractivity contribution is 5.71. The van der Waals surface area contributed by atoms with Gasteiger partial charge in [-0.25, -0.2) is 4.98 Å². The Hall–Kier alpha value is -2.13. The van der Waals surface area contributed by atoms with Gasteiger partial charge in [-0.15, -0.1) is 0 Å². The van der Waals surface area contributed by atoms with Crippen molar-refractivity contribution in [3.8, 4) is 6.07 Å². The van der Waals surface area contributed by atoms with E-state index >= 15 is 0 Å². The Kier molecular flexibility index (Phi) is 2.47. The molecule has 0 saturated heterocycles. The smallest absolute Gasteiger partial charge is 0.260 e. The van der Waals surface area contributed by atoms with E-state index in [2.05, 4.69) is 21.4 Å². The number of aryl methyl sites for hydroxylation is 1. The van der Waals surface area contributed by atoms with E-state index in [-0.39, 0.29) is 5.56 Å². The number of ether oxygens (including phenoxy) is 1. The van der Waals surface area contributed by atoms with Gasteiger partial charge in [0.05, 0.1) is 17.0 Å². The van der Waals surface area contributed by atoms with Crippen LogP contribution in [0.4, 0.5) is 5.82 Å². The van der Waals surface area contributed by atoms with Gasteiger partial charge in [-0.1, -0.05) is 0 Å². The van der Waals surface area contributed by atoms with E-state index in [1.54, 1.807) is 20.1 Å². The Balaban J connectivity index is 2.16. The molecule has 0 aromatic carbocycles. The van der Waals surface area contributed by atoms with Gasteiger partial charge in [-0.2, -0.15) is 5.26 Å². The van der Waals surface area contributed by atoms with Crippen LogP contribution in [0.3, 0.4) is 0 Å². The van der Waals surface area contributed by atoms with Crippen LogP contribution in [0.1, 0.15) is 24.2 Å². The molecule has 2 heterocycles. The first-order chi connectivity index (χ1) is 9.09. The fourth-order valence-corrected chi connectivity index (χ4v) is 2.44. The molecule has 1 saturated carbocycles. The maximum atomic E-state index is 12.0. The van der Waals surface area contributed by atoms with Crippen molar-refractivity contribution >= 4 is 11.9 Å². The molecule has 1 aromatic rings.